The lowest BCUT2D eigenvalue weighted by Crippen LogP contribution is -2.31. The molecule has 1 N–H and O–H groups in total. The Kier molecular flexibility index (Phi) is 5.04. The van der Waals surface area contributed by atoms with Crippen molar-refractivity contribution >= 4 is 0 Å². The van der Waals surface area contributed by atoms with Crippen molar-refractivity contribution in [2.75, 3.05) is 20.3 Å². The monoisotopic (exact) mass is 272 g/mol. The van der Waals surface area contributed by atoms with Gasteiger partial charge in [0.05, 0.1) is 19.4 Å². The van der Waals surface area contributed by atoms with Crippen molar-refractivity contribution in [2.24, 2.45) is 0 Å². The fourth-order valence-corrected chi connectivity index (χ4v) is 2.42. The van der Waals surface area contributed by atoms with Crippen LogP contribution >= 0.6 is 0 Å². The first-order valence-electron chi connectivity index (χ1n) is 6.37. The number of ether oxygens (including phenoxy) is 2. The zero-order valence-corrected chi connectivity index (χ0v) is 10.9. The number of pyridine rings is 1. The Bertz CT molecular complexity index is 401. The number of alkyl halides is 2. The molecule has 0 amide bonds. The molecule has 0 aromatic carbocycles. The van der Waals surface area contributed by atoms with Crippen LogP contribution in [-0.2, 0) is 11.2 Å². The second-order valence-corrected chi connectivity index (χ2v) is 4.40. The molecule has 0 radical (unpaired) electrons. The van der Waals surface area contributed by atoms with Crippen molar-refractivity contribution in [2.45, 2.75) is 31.9 Å². The fourth-order valence-electron chi connectivity index (χ4n) is 2.42. The van der Waals surface area contributed by atoms with Gasteiger partial charge >= 0.3 is 6.61 Å². The number of hydrogen-bond acceptors (Lipinski definition) is 4. The number of rotatable bonds is 6. The molecule has 0 fully saturated rings. The Hall–Kier alpha value is -1.27. The van der Waals surface area contributed by atoms with Crippen LogP contribution in [-0.4, -0.2) is 31.9 Å². The lowest BCUT2D eigenvalue weighted by atomic mass is 9.94. The summed E-state index contributed by atoms with van der Waals surface area (Å²) in [7, 11) is 1.63. The lowest BCUT2D eigenvalue weighted by Gasteiger charge is -2.27. The van der Waals surface area contributed by atoms with Gasteiger partial charge in [-0.15, -0.1) is 0 Å². The zero-order chi connectivity index (χ0) is 13.7. The first-order valence-corrected chi connectivity index (χ1v) is 6.37. The fraction of sp³-hybridized carbons (Fsp3) is 0.615. The van der Waals surface area contributed by atoms with Gasteiger partial charge < -0.3 is 14.8 Å². The average Bonchev–Trinajstić information content (AvgIpc) is 2.42. The molecule has 4 nitrogen and oxygen atoms in total. The lowest BCUT2D eigenvalue weighted by molar-refractivity contribution is -0.129. The molecule has 6 heteroatoms. The van der Waals surface area contributed by atoms with Crippen LogP contribution in [0.15, 0.2) is 12.3 Å². The summed E-state index contributed by atoms with van der Waals surface area (Å²) in [6.07, 6.45) is 3.89. The van der Waals surface area contributed by atoms with Crippen molar-refractivity contribution in [3.05, 3.63) is 23.5 Å². The van der Waals surface area contributed by atoms with Crippen LogP contribution in [0, 0.1) is 0 Å². The zero-order valence-electron chi connectivity index (χ0n) is 10.9. The Balaban J connectivity index is 2.00. The van der Waals surface area contributed by atoms with E-state index < -0.39 is 6.61 Å². The van der Waals surface area contributed by atoms with Gasteiger partial charge in [0.25, 0.3) is 0 Å². The third-order valence-corrected chi connectivity index (χ3v) is 3.23. The SMILES string of the molecule is COc1ccnc2c1C(CCCOC(F)F)NCC2. The topological polar surface area (TPSA) is 43.4 Å². The molecule has 1 unspecified atom stereocenters. The third kappa shape index (κ3) is 3.61. The van der Waals surface area contributed by atoms with E-state index in [1.807, 2.05) is 6.07 Å². The number of methoxy groups -OCH3 is 1. The molecule has 0 saturated carbocycles. The van der Waals surface area contributed by atoms with Crippen LogP contribution in [0.3, 0.4) is 0 Å². The summed E-state index contributed by atoms with van der Waals surface area (Å²) in [4.78, 5) is 4.36. The summed E-state index contributed by atoms with van der Waals surface area (Å²) in [6.45, 7) is -1.79. The molecular formula is C13H18F2N2O2. The third-order valence-electron chi connectivity index (χ3n) is 3.23. The number of fused-ring (bicyclic) bond motifs is 1. The second-order valence-electron chi connectivity index (χ2n) is 4.40. The number of halogens is 2. The van der Waals surface area contributed by atoms with E-state index in [0.717, 1.165) is 36.4 Å². The van der Waals surface area contributed by atoms with Gasteiger partial charge in [-0.2, -0.15) is 8.78 Å². The van der Waals surface area contributed by atoms with Crippen LogP contribution in [0.1, 0.15) is 30.1 Å². The molecule has 1 aliphatic rings. The van der Waals surface area contributed by atoms with E-state index in [2.05, 4.69) is 15.0 Å². The maximum atomic E-state index is 11.9. The number of nitrogens with zero attached hydrogens (tertiary/aromatic N) is 1. The predicted octanol–water partition coefficient (Wildman–Crippen LogP) is 2.30. The quantitative estimate of drug-likeness (QED) is 0.807. The van der Waals surface area contributed by atoms with E-state index >= 15 is 0 Å². The maximum absolute atomic E-state index is 11.9. The summed E-state index contributed by atoms with van der Waals surface area (Å²) in [6, 6.07) is 1.92. The van der Waals surface area contributed by atoms with Gasteiger partial charge in [-0.05, 0) is 18.9 Å². The van der Waals surface area contributed by atoms with Gasteiger partial charge in [0, 0.05) is 30.8 Å². The summed E-state index contributed by atoms with van der Waals surface area (Å²) >= 11 is 0. The number of hydrogen-bond donors (Lipinski definition) is 1. The highest BCUT2D eigenvalue weighted by molar-refractivity contribution is 5.40. The van der Waals surface area contributed by atoms with E-state index in [1.54, 1.807) is 13.3 Å². The highest BCUT2D eigenvalue weighted by Gasteiger charge is 2.24. The Morgan fingerprint density at radius 3 is 3.11 bits per heavy atom. The molecule has 0 bridgehead atoms. The number of aromatic nitrogens is 1. The minimum absolute atomic E-state index is 0.0633. The molecule has 0 spiro atoms. The highest BCUT2D eigenvalue weighted by atomic mass is 19.3. The van der Waals surface area contributed by atoms with Crippen LogP contribution in [0.5, 0.6) is 5.75 Å². The van der Waals surface area contributed by atoms with Crippen molar-refractivity contribution < 1.29 is 18.3 Å². The minimum atomic E-state index is -2.69. The maximum Gasteiger partial charge on any atom is 0.345 e. The van der Waals surface area contributed by atoms with Crippen molar-refractivity contribution in [1.29, 1.82) is 0 Å². The first kappa shape index (κ1) is 14.1. The molecule has 106 valence electrons. The van der Waals surface area contributed by atoms with Crippen molar-refractivity contribution in [3.8, 4) is 5.75 Å². The van der Waals surface area contributed by atoms with Crippen molar-refractivity contribution in [1.82, 2.24) is 10.3 Å². The summed E-state index contributed by atoms with van der Waals surface area (Å²) < 4.78 is 33.4. The summed E-state index contributed by atoms with van der Waals surface area (Å²) in [5, 5.41) is 3.38. The molecule has 1 aliphatic heterocycles. The summed E-state index contributed by atoms with van der Waals surface area (Å²) in [5.41, 5.74) is 2.08. The second kappa shape index (κ2) is 6.77. The smallest absolute Gasteiger partial charge is 0.345 e. The minimum Gasteiger partial charge on any atom is -0.496 e. The van der Waals surface area contributed by atoms with Crippen LogP contribution in [0.25, 0.3) is 0 Å². The van der Waals surface area contributed by atoms with E-state index in [0.29, 0.717) is 6.42 Å². The van der Waals surface area contributed by atoms with E-state index in [-0.39, 0.29) is 12.6 Å². The van der Waals surface area contributed by atoms with Gasteiger partial charge in [-0.1, -0.05) is 0 Å². The molecule has 1 aromatic heterocycles. The number of nitrogens with one attached hydrogen (secondary N) is 1. The normalized spacial score (nSPS) is 18.4. The van der Waals surface area contributed by atoms with E-state index in [4.69, 9.17) is 4.74 Å². The molecular weight excluding hydrogens is 254 g/mol. The molecule has 1 atom stereocenters. The molecule has 1 aromatic rings. The first-order chi connectivity index (χ1) is 9.22. The largest absolute Gasteiger partial charge is 0.496 e. The predicted molar refractivity (Wildman–Crippen MR) is 66.4 cm³/mol. The molecule has 0 saturated heterocycles. The van der Waals surface area contributed by atoms with E-state index in [9.17, 15) is 8.78 Å². The van der Waals surface area contributed by atoms with Crippen LogP contribution in [0.2, 0.25) is 0 Å². The highest BCUT2D eigenvalue weighted by Crippen LogP contribution is 2.32. The van der Waals surface area contributed by atoms with Gasteiger partial charge in [0.1, 0.15) is 5.75 Å². The van der Waals surface area contributed by atoms with Gasteiger partial charge in [0.15, 0.2) is 0 Å². The van der Waals surface area contributed by atoms with Gasteiger partial charge in [0.2, 0.25) is 0 Å². The van der Waals surface area contributed by atoms with Crippen molar-refractivity contribution in [3.63, 3.8) is 0 Å². The summed E-state index contributed by atoms with van der Waals surface area (Å²) in [5.74, 6) is 0.803. The Labute approximate surface area is 111 Å². The Morgan fingerprint density at radius 2 is 2.37 bits per heavy atom. The Morgan fingerprint density at radius 1 is 1.53 bits per heavy atom. The average molecular weight is 272 g/mol. The van der Waals surface area contributed by atoms with Crippen LogP contribution in [0.4, 0.5) is 8.78 Å². The van der Waals surface area contributed by atoms with E-state index in [1.165, 1.54) is 0 Å². The van der Waals surface area contributed by atoms with Crippen LogP contribution < -0.4 is 10.1 Å². The standard InChI is InChI=1S/C13H18F2N2O2/c1-18-11-5-7-17-10-4-6-16-9(12(10)11)3-2-8-19-13(14)15/h5,7,9,13,16H,2-4,6,8H2,1H3. The molecule has 2 rings (SSSR count). The van der Waals surface area contributed by atoms with Gasteiger partial charge in [-0.25, -0.2) is 0 Å². The molecule has 19 heavy (non-hydrogen) atoms. The molecule has 2 heterocycles. The van der Waals surface area contributed by atoms with Gasteiger partial charge in [-0.3, -0.25) is 4.98 Å². The molecule has 0 aliphatic carbocycles.